The van der Waals surface area contributed by atoms with E-state index in [0.717, 1.165) is 5.56 Å². The summed E-state index contributed by atoms with van der Waals surface area (Å²) >= 11 is 5.84. The summed E-state index contributed by atoms with van der Waals surface area (Å²) in [6.07, 6.45) is 0.693. The average Bonchev–Trinajstić information content (AvgIpc) is 2.67. The fourth-order valence-corrected chi connectivity index (χ4v) is 2.50. The molecule has 2 rings (SSSR count). The van der Waals surface area contributed by atoms with Crippen molar-refractivity contribution in [2.24, 2.45) is 0 Å². The maximum Gasteiger partial charge on any atom is 0.196 e. The second-order valence-corrected chi connectivity index (χ2v) is 4.59. The van der Waals surface area contributed by atoms with Gasteiger partial charge in [0.05, 0.1) is 13.2 Å². The molecule has 0 radical (unpaired) electrons. The van der Waals surface area contributed by atoms with E-state index in [1.54, 1.807) is 0 Å². The highest BCUT2D eigenvalue weighted by Crippen LogP contribution is 2.37. The predicted molar refractivity (Wildman–Crippen MR) is 64.8 cm³/mol. The van der Waals surface area contributed by atoms with Crippen LogP contribution in [0.2, 0.25) is 0 Å². The Morgan fingerprint density at radius 2 is 1.94 bits per heavy atom. The highest BCUT2D eigenvalue weighted by Gasteiger charge is 2.38. The maximum atomic E-state index is 5.84. The molecular weight excluding hydrogens is 224 g/mol. The van der Waals surface area contributed by atoms with Crippen LogP contribution >= 0.6 is 11.6 Å². The minimum absolute atomic E-state index is 0.535. The van der Waals surface area contributed by atoms with Crippen molar-refractivity contribution in [3.05, 3.63) is 34.9 Å². The van der Waals surface area contributed by atoms with E-state index in [-0.39, 0.29) is 0 Å². The van der Waals surface area contributed by atoms with Crippen molar-refractivity contribution in [3.63, 3.8) is 0 Å². The SMILES string of the molecule is Cc1ccc(C2(CCCl)OCCO2)c(C)c1. The van der Waals surface area contributed by atoms with E-state index in [4.69, 9.17) is 21.1 Å². The summed E-state index contributed by atoms with van der Waals surface area (Å²) in [5.41, 5.74) is 3.56. The number of alkyl halides is 1. The molecule has 0 amide bonds. The molecule has 0 N–H and O–H groups in total. The standard InChI is InChI=1S/C13H17ClO2/c1-10-3-4-12(11(2)9-10)13(5-6-14)15-7-8-16-13/h3-4,9H,5-8H2,1-2H3. The molecule has 3 heteroatoms. The molecular formula is C13H17ClO2. The van der Waals surface area contributed by atoms with Crippen molar-refractivity contribution in [3.8, 4) is 0 Å². The third kappa shape index (κ3) is 2.10. The van der Waals surface area contributed by atoms with Crippen LogP contribution in [0.4, 0.5) is 0 Å². The van der Waals surface area contributed by atoms with Crippen molar-refractivity contribution in [1.29, 1.82) is 0 Å². The quantitative estimate of drug-likeness (QED) is 0.756. The zero-order valence-electron chi connectivity index (χ0n) is 9.75. The summed E-state index contributed by atoms with van der Waals surface area (Å²) in [6.45, 7) is 5.46. The highest BCUT2D eigenvalue weighted by molar-refractivity contribution is 6.17. The molecule has 0 atom stereocenters. The fraction of sp³-hybridized carbons (Fsp3) is 0.538. The highest BCUT2D eigenvalue weighted by atomic mass is 35.5. The lowest BCUT2D eigenvalue weighted by molar-refractivity contribution is -0.167. The van der Waals surface area contributed by atoms with E-state index in [9.17, 15) is 0 Å². The molecule has 0 aromatic heterocycles. The number of hydrogen-bond donors (Lipinski definition) is 0. The van der Waals surface area contributed by atoms with Crippen molar-refractivity contribution >= 4 is 11.6 Å². The first-order valence-corrected chi connectivity index (χ1v) is 6.13. The Hall–Kier alpha value is -0.570. The van der Waals surface area contributed by atoms with Crippen LogP contribution in [0.5, 0.6) is 0 Å². The minimum Gasteiger partial charge on any atom is -0.343 e. The molecule has 1 aliphatic heterocycles. The summed E-state index contributed by atoms with van der Waals surface area (Å²) in [6, 6.07) is 6.32. The van der Waals surface area contributed by atoms with Crippen LogP contribution in [-0.2, 0) is 15.3 Å². The summed E-state index contributed by atoms with van der Waals surface area (Å²) in [4.78, 5) is 0. The Morgan fingerprint density at radius 1 is 1.25 bits per heavy atom. The summed E-state index contributed by atoms with van der Waals surface area (Å²) < 4.78 is 11.6. The van der Waals surface area contributed by atoms with Crippen molar-refractivity contribution in [1.82, 2.24) is 0 Å². The molecule has 88 valence electrons. The Bertz CT molecular complexity index is 370. The average molecular weight is 241 g/mol. The van der Waals surface area contributed by atoms with Gasteiger partial charge in [-0.2, -0.15) is 0 Å². The number of benzene rings is 1. The Kier molecular flexibility index (Phi) is 3.53. The molecule has 1 heterocycles. The second-order valence-electron chi connectivity index (χ2n) is 4.21. The number of ether oxygens (including phenoxy) is 2. The third-order valence-electron chi connectivity index (χ3n) is 2.97. The van der Waals surface area contributed by atoms with Crippen LogP contribution in [0.1, 0.15) is 23.1 Å². The van der Waals surface area contributed by atoms with E-state index >= 15 is 0 Å². The minimum atomic E-state index is -0.612. The Balaban J connectivity index is 2.38. The van der Waals surface area contributed by atoms with E-state index in [1.165, 1.54) is 11.1 Å². The summed E-state index contributed by atoms with van der Waals surface area (Å²) in [5.74, 6) is -0.0765. The van der Waals surface area contributed by atoms with Gasteiger partial charge < -0.3 is 9.47 Å². The molecule has 1 aliphatic rings. The second kappa shape index (κ2) is 4.74. The van der Waals surface area contributed by atoms with Crippen molar-refractivity contribution in [2.75, 3.05) is 19.1 Å². The van der Waals surface area contributed by atoms with Gasteiger partial charge in [0.15, 0.2) is 5.79 Å². The number of hydrogen-bond acceptors (Lipinski definition) is 2. The third-order valence-corrected chi connectivity index (χ3v) is 3.16. The van der Waals surface area contributed by atoms with E-state index < -0.39 is 5.79 Å². The van der Waals surface area contributed by atoms with Gasteiger partial charge in [-0.05, 0) is 19.4 Å². The zero-order chi connectivity index (χ0) is 11.6. The van der Waals surface area contributed by atoms with Crippen LogP contribution in [0, 0.1) is 13.8 Å². The lowest BCUT2D eigenvalue weighted by Crippen LogP contribution is -2.28. The van der Waals surface area contributed by atoms with E-state index in [0.29, 0.717) is 25.5 Å². The van der Waals surface area contributed by atoms with Gasteiger partial charge in [0.2, 0.25) is 0 Å². The van der Waals surface area contributed by atoms with Crippen molar-refractivity contribution in [2.45, 2.75) is 26.1 Å². The molecule has 0 aliphatic carbocycles. The van der Waals surface area contributed by atoms with Gasteiger partial charge in [0.1, 0.15) is 0 Å². The van der Waals surface area contributed by atoms with Gasteiger partial charge in [-0.25, -0.2) is 0 Å². The lowest BCUT2D eigenvalue weighted by Gasteiger charge is -2.28. The summed E-state index contributed by atoms with van der Waals surface area (Å²) in [7, 11) is 0. The van der Waals surface area contributed by atoms with Crippen LogP contribution in [0.3, 0.4) is 0 Å². The Morgan fingerprint density at radius 3 is 2.50 bits per heavy atom. The normalized spacial score (nSPS) is 18.9. The number of rotatable bonds is 3. The van der Waals surface area contributed by atoms with E-state index in [1.807, 2.05) is 0 Å². The maximum absolute atomic E-state index is 5.84. The van der Waals surface area contributed by atoms with Crippen LogP contribution in [-0.4, -0.2) is 19.1 Å². The molecule has 1 aromatic carbocycles. The fourth-order valence-electron chi connectivity index (χ4n) is 2.25. The molecule has 1 saturated heterocycles. The zero-order valence-corrected chi connectivity index (χ0v) is 10.5. The van der Waals surface area contributed by atoms with Crippen molar-refractivity contribution < 1.29 is 9.47 Å². The first-order chi connectivity index (χ1) is 7.68. The summed E-state index contributed by atoms with van der Waals surface area (Å²) in [5, 5.41) is 0. The monoisotopic (exact) mass is 240 g/mol. The van der Waals surface area contributed by atoms with E-state index in [2.05, 4.69) is 32.0 Å². The number of aryl methyl sites for hydroxylation is 2. The van der Waals surface area contributed by atoms with Gasteiger partial charge in [-0.1, -0.05) is 23.8 Å². The predicted octanol–water partition coefficient (Wildman–Crippen LogP) is 3.13. The topological polar surface area (TPSA) is 18.5 Å². The molecule has 0 bridgehead atoms. The molecule has 0 unspecified atom stereocenters. The van der Waals surface area contributed by atoms with Gasteiger partial charge >= 0.3 is 0 Å². The van der Waals surface area contributed by atoms with Gasteiger partial charge in [-0.15, -0.1) is 11.6 Å². The first kappa shape index (κ1) is 11.9. The molecule has 0 spiro atoms. The van der Waals surface area contributed by atoms with Gasteiger partial charge in [-0.3, -0.25) is 0 Å². The Labute approximate surface area is 102 Å². The van der Waals surface area contributed by atoms with Gasteiger partial charge in [0, 0.05) is 17.9 Å². The lowest BCUT2D eigenvalue weighted by atomic mass is 9.96. The molecule has 1 aromatic rings. The largest absolute Gasteiger partial charge is 0.343 e. The number of halogens is 1. The smallest absolute Gasteiger partial charge is 0.196 e. The molecule has 16 heavy (non-hydrogen) atoms. The van der Waals surface area contributed by atoms with Crippen LogP contribution in [0.25, 0.3) is 0 Å². The first-order valence-electron chi connectivity index (χ1n) is 5.59. The molecule has 0 saturated carbocycles. The van der Waals surface area contributed by atoms with Gasteiger partial charge in [0.25, 0.3) is 0 Å². The molecule has 1 fully saturated rings. The molecule has 2 nitrogen and oxygen atoms in total. The van der Waals surface area contributed by atoms with Crippen LogP contribution in [0.15, 0.2) is 18.2 Å². The van der Waals surface area contributed by atoms with Crippen LogP contribution < -0.4 is 0 Å².